The van der Waals surface area contributed by atoms with Gasteiger partial charge in [-0.3, -0.25) is 4.90 Å². The predicted octanol–water partition coefficient (Wildman–Crippen LogP) is 3.42. The van der Waals surface area contributed by atoms with E-state index in [1.54, 1.807) is 0 Å². The van der Waals surface area contributed by atoms with E-state index < -0.39 is 0 Å². The Morgan fingerprint density at radius 1 is 0.895 bits per heavy atom. The quantitative estimate of drug-likeness (QED) is 0.840. The second-order valence-corrected chi connectivity index (χ2v) is 8.99. The third-order valence-corrected chi connectivity index (χ3v) is 5.31. The molecule has 1 atom stereocenters. The van der Waals surface area contributed by atoms with Gasteiger partial charge >= 0.3 is 0 Å². The Morgan fingerprint density at radius 2 is 1.53 bits per heavy atom. The van der Waals surface area contributed by atoms with Crippen molar-refractivity contribution in [3.8, 4) is 0 Å². The Balaban J connectivity index is 1.54. The summed E-state index contributed by atoms with van der Waals surface area (Å²) in [4.78, 5) is 2.72. The van der Waals surface area contributed by atoms with Crippen LogP contribution < -0.4 is 5.32 Å². The smallest absolute Gasteiger partial charge is 0.0209 e. The molecule has 0 aromatic carbocycles. The molecule has 0 radical (unpaired) electrons. The summed E-state index contributed by atoms with van der Waals surface area (Å²) in [5.41, 5.74) is 1.02. The molecule has 1 heterocycles. The second kappa shape index (κ2) is 4.73. The topological polar surface area (TPSA) is 15.3 Å². The highest BCUT2D eigenvalue weighted by atomic mass is 15.2. The molecular weight excluding hydrogens is 232 g/mol. The van der Waals surface area contributed by atoms with Gasteiger partial charge in [-0.25, -0.2) is 0 Å². The molecule has 0 amide bonds. The van der Waals surface area contributed by atoms with Crippen LogP contribution >= 0.6 is 0 Å². The predicted molar refractivity (Wildman–Crippen MR) is 81.3 cm³/mol. The minimum atomic E-state index is 0.508. The largest absolute Gasteiger partial charge is 0.310 e. The van der Waals surface area contributed by atoms with Crippen molar-refractivity contribution in [3.63, 3.8) is 0 Å². The summed E-state index contributed by atoms with van der Waals surface area (Å²) in [5.74, 6) is 0. The zero-order valence-electron chi connectivity index (χ0n) is 13.3. The molecule has 2 aliphatic carbocycles. The van der Waals surface area contributed by atoms with E-state index in [-0.39, 0.29) is 0 Å². The summed E-state index contributed by atoms with van der Waals surface area (Å²) in [6, 6.07) is 2.45. The molecule has 2 saturated carbocycles. The lowest BCUT2D eigenvalue weighted by Crippen LogP contribution is -2.48. The minimum Gasteiger partial charge on any atom is -0.310 e. The molecule has 1 N–H and O–H groups in total. The van der Waals surface area contributed by atoms with Gasteiger partial charge in [-0.05, 0) is 49.4 Å². The van der Waals surface area contributed by atoms with Crippen LogP contribution in [0.3, 0.4) is 0 Å². The average molecular weight is 264 g/mol. The maximum Gasteiger partial charge on any atom is 0.0209 e. The van der Waals surface area contributed by atoms with Crippen LogP contribution in [-0.4, -0.2) is 36.1 Å². The molecule has 3 rings (SSSR count). The molecule has 0 spiro atoms. The molecule has 0 aromatic heterocycles. The van der Waals surface area contributed by atoms with Crippen LogP contribution in [0, 0.1) is 10.8 Å². The van der Waals surface area contributed by atoms with Crippen molar-refractivity contribution >= 4 is 0 Å². The van der Waals surface area contributed by atoms with Crippen molar-refractivity contribution in [1.82, 2.24) is 10.2 Å². The highest BCUT2D eigenvalue weighted by Gasteiger charge is 2.40. The molecule has 1 unspecified atom stereocenters. The van der Waals surface area contributed by atoms with Crippen LogP contribution in [0.1, 0.15) is 66.2 Å². The van der Waals surface area contributed by atoms with E-state index in [9.17, 15) is 0 Å². The third-order valence-electron chi connectivity index (χ3n) is 5.31. The number of hydrogen-bond acceptors (Lipinski definition) is 2. The third kappa shape index (κ3) is 3.52. The van der Waals surface area contributed by atoms with Gasteiger partial charge in [0.15, 0.2) is 0 Å². The zero-order chi connectivity index (χ0) is 13.7. The lowest BCUT2D eigenvalue weighted by molar-refractivity contribution is 0.0805. The van der Waals surface area contributed by atoms with Crippen molar-refractivity contribution < 1.29 is 0 Å². The fourth-order valence-corrected chi connectivity index (χ4v) is 4.99. The van der Waals surface area contributed by atoms with Crippen LogP contribution in [-0.2, 0) is 0 Å². The van der Waals surface area contributed by atoms with E-state index in [1.807, 2.05) is 0 Å². The van der Waals surface area contributed by atoms with Gasteiger partial charge in [-0.1, -0.05) is 27.7 Å². The summed E-state index contributed by atoms with van der Waals surface area (Å²) in [7, 11) is 0. The lowest BCUT2D eigenvalue weighted by atomic mass is 9.63. The Morgan fingerprint density at radius 3 is 2.11 bits per heavy atom. The normalized spacial score (nSPS) is 35.7. The van der Waals surface area contributed by atoms with Crippen molar-refractivity contribution in [2.75, 3.05) is 13.1 Å². The van der Waals surface area contributed by atoms with Crippen LogP contribution in [0.25, 0.3) is 0 Å². The number of likely N-dealkylation sites (tertiary alicyclic amines) is 1. The minimum absolute atomic E-state index is 0.508. The lowest BCUT2D eigenvalue weighted by Gasteiger charge is -2.46. The van der Waals surface area contributed by atoms with Crippen LogP contribution in [0.5, 0.6) is 0 Å². The van der Waals surface area contributed by atoms with Gasteiger partial charge < -0.3 is 5.32 Å². The first-order valence-electron chi connectivity index (χ1n) is 8.33. The fourth-order valence-electron chi connectivity index (χ4n) is 4.99. The van der Waals surface area contributed by atoms with E-state index in [1.165, 1.54) is 51.6 Å². The van der Waals surface area contributed by atoms with Gasteiger partial charge in [0.1, 0.15) is 0 Å². The summed E-state index contributed by atoms with van der Waals surface area (Å²) < 4.78 is 0. The van der Waals surface area contributed by atoms with E-state index in [2.05, 4.69) is 37.9 Å². The SMILES string of the molecule is CC1(C)CC(NC2CCN(C3CC3)C2)CC(C)(C)C1. The van der Waals surface area contributed by atoms with Crippen molar-refractivity contribution in [2.24, 2.45) is 10.8 Å². The number of hydrogen-bond donors (Lipinski definition) is 1. The maximum atomic E-state index is 4.00. The molecule has 0 aromatic rings. The number of nitrogens with one attached hydrogen (secondary N) is 1. The first kappa shape index (κ1) is 13.9. The van der Waals surface area contributed by atoms with Gasteiger partial charge in [-0.2, -0.15) is 0 Å². The van der Waals surface area contributed by atoms with E-state index >= 15 is 0 Å². The molecule has 1 saturated heterocycles. The molecular formula is C17H32N2. The molecule has 110 valence electrons. The standard InChI is InChI=1S/C17H32N2/c1-16(2)9-14(10-17(3,4)12-16)18-13-7-8-19(11-13)15-5-6-15/h13-15,18H,5-12H2,1-4H3. The van der Waals surface area contributed by atoms with Crippen molar-refractivity contribution in [3.05, 3.63) is 0 Å². The Bertz CT molecular complexity index is 314. The number of rotatable bonds is 3. The van der Waals surface area contributed by atoms with Crippen LogP contribution in [0.4, 0.5) is 0 Å². The first-order valence-corrected chi connectivity index (χ1v) is 8.33. The van der Waals surface area contributed by atoms with Crippen molar-refractivity contribution in [2.45, 2.75) is 84.3 Å². The molecule has 3 aliphatic rings. The fraction of sp³-hybridized carbons (Fsp3) is 1.00. The molecule has 0 bridgehead atoms. The highest BCUT2D eigenvalue weighted by molar-refractivity contribution is 4.96. The molecule has 3 fully saturated rings. The van der Waals surface area contributed by atoms with Crippen LogP contribution in [0.2, 0.25) is 0 Å². The first-order chi connectivity index (χ1) is 8.83. The molecule has 2 heteroatoms. The highest BCUT2D eigenvalue weighted by Crippen LogP contribution is 2.45. The maximum absolute atomic E-state index is 4.00. The van der Waals surface area contributed by atoms with Gasteiger partial charge in [0, 0.05) is 31.2 Å². The average Bonchev–Trinajstić information content (AvgIpc) is 2.96. The Hall–Kier alpha value is -0.0800. The van der Waals surface area contributed by atoms with Gasteiger partial charge in [-0.15, -0.1) is 0 Å². The monoisotopic (exact) mass is 264 g/mol. The Labute approximate surface area is 119 Å². The van der Waals surface area contributed by atoms with Crippen molar-refractivity contribution in [1.29, 1.82) is 0 Å². The van der Waals surface area contributed by atoms with E-state index in [0.717, 1.165) is 18.1 Å². The summed E-state index contributed by atoms with van der Waals surface area (Å²) in [5, 5.41) is 4.00. The molecule has 1 aliphatic heterocycles. The molecule has 2 nitrogen and oxygen atoms in total. The number of nitrogens with zero attached hydrogens (tertiary/aromatic N) is 1. The summed E-state index contributed by atoms with van der Waals surface area (Å²) in [6.07, 6.45) is 8.37. The van der Waals surface area contributed by atoms with Crippen LogP contribution in [0.15, 0.2) is 0 Å². The van der Waals surface area contributed by atoms with E-state index in [4.69, 9.17) is 0 Å². The zero-order valence-corrected chi connectivity index (χ0v) is 13.3. The van der Waals surface area contributed by atoms with E-state index in [0.29, 0.717) is 10.8 Å². The second-order valence-electron chi connectivity index (χ2n) is 8.99. The van der Waals surface area contributed by atoms with Gasteiger partial charge in [0.05, 0.1) is 0 Å². The summed E-state index contributed by atoms with van der Waals surface area (Å²) in [6.45, 7) is 12.5. The summed E-state index contributed by atoms with van der Waals surface area (Å²) >= 11 is 0. The Kier molecular flexibility index (Phi) is 3.46. The molecule has 19 heavy (non-hydrogen) atoms. The van der Waals surface area contributed by atoms with Gasteiger partial charge in [0.2, 0.25) is 0 Å². The van der Waals surface area contributed by atoms with Gasteiger partial charge in [0.25, 0.3) is 0 Å².